The topological polar surface area (TPSA) is 55.4 Å². The van der Waals surface area contributed by atoms with E-state index in [0.717, 1.165) is 30.5 Å². The second kappa shape index (κ2) is 7.97. The molecular weight excluding hydrogens is 314 g/mol. The Morgan fingerprint density at radius 1 is 1.04 bits per heavy atom. The molecule has 0 aromatic heterocycles. The van der Waals surface area contributed by atoms with Crippen molar-refractivity contribution >= 4 is 17.4 Å². The second-order valence-electron chi connectivity index (χ2n) is 6.52. The molecule has 0 aliphatic heterocycles. The number of ketones is 1. The number of aryl methyl sites for hydroxylation is 3. The number of Topliss-reactive ketones (excluding diaryl/α,β-unsaturated/α-hetero) is 1. The zero-order valence-electron chi connectivity index (χ0n) is 14.5. The van der Waals surface area contributed by atoms with Gasteiger partial charge in [0.2, 0.25) is 0 Å². The molecule has 0 atom stereocenters. The number of carbonyl (C=O) groups excluding carboxylic acids is 2. The summed E-state index contributed by atoms with van der Waals surface area (Å²) in [7, 11) is 0. The number of ether oxygens (including phenoxy) is 1. The summed E-state index contributed by atoms with van der Waals surface area (Å²) in [6, 6.07) is 13.6. The van der Waals surface area contributed by atoms with E-state index in [1.165, 1.54) is 17.5 Å². The molecule has 0 unspecified atom stereocenters. The van der Waals surface area contributed by atoms with Crippen molar-refractivity contribution in [1.29, 1.82) is 0 Å². The van der Waals surface area contributed by atoms with E-state index in [1.54, 1.807) is 6.92 Å². The van der Waals surface area contributed by atoms with Crippen LogP contribution in [-0.4, -0.2) is 18.3 Å². The Morgan fingerprint density at radius 3 is 2.56 bits per heavy atom. The second-order valence-corrected chi connectivity index (χ2v) is 6.52. The lowest BCUT2D eigenvalue weighted by molar-refractivity contribution is -0.118. The van der Waals surface area contributed by atoms with Crippen LogP contribution in [0.25, 0.3) is 0 Å². The lowest BCUT2D eigenvalue weighted by atomic mass is 10.1. The maximum absolute atomic E-state index is 12.1. The molecule has 1 N–H and O–H groups in total. The number of fused-ring (bicyclic) bond motifs is 1. The highest BCUT2D eigenvalue weighted by atomic mass is 16.5. The summed E-state index contributed by atoms with van der Waals surface area (Å²) in [6.07, 6.45) is 4.69. The molecular formula is C21H23NO3. The lowest BCUT2D eigenvalue weighted by Crippen LogP contribution is -2.20. The standard InChI is InChI=1S/C21H23NO3/c1-15(23)5-6-16-7-11-20(12-8-16)25-14-21(24)22-19-10-9-17-3-2-4-18(17)13-19/h7-13H,2-6,14H2,1H3,(H,22,24). The van der Waals surface area contributed by atoms with E-state index >= 15 is 0 Å². The smallest absolute Gasteiger partial charge is 0.262 e. The fourth-order valence-electron chi connectivity index (χ4n) is 3.07. The van der Waals surface area contributed by atoms with Crippen LogP contribution in [0.1, 0.15) is 36.5 Å². The Labute approximate surface area is 148 Å². The fourth-order valence-corrected chi connectivity index (χ4v) is 3.07. The number of anilines is 1. The van der Waals surface area contributed by atoms with Crippen LogP contribution in [-0.2, 0) is 28.9 Å². The molecule has 4 heteroatoms. The number of nitrogens with one attached hydrogen (secondary N) is 1. The highest BCUT2D eigenvalue weighted by Crippen LogP contribution is 2.24. The number of rotatable bonds is 7. The number of amides is 1. The number of hydrogen-bond donors (Lipinski definition) is 1. The summed E-state index contributed by atoms with van der Waals surface area (Å²) in [5.74, 6) is 0.665. The van der Waals surface area contributed by atoms with Crippen LogP contribution in [0.15, 0.2) is 42.5 Å². The van der Waals surface area contributed by atoms with Crippen LogP contribution < -0.4 is 10.1 Å². The largest absolute Gasteiger partial charge is 0.484 e. The molecule has 1 aliphatic carbocycles. The zero-order valence-corrected chi connectivity index (χ0v) is 14.5. The van der Waals surface area contributed by atoms with Crippen LogP contribution in [0.5, 0.6) is 5.75 Å². The van der Waals surface area contributed by atoms with E-state index in [4.69, 9.17) is 4.74 Å². The third-order valence-corrected chi connectivity index (χ3v) is 4.44. The van der Waals surface area contributed by atoms with E-state index < -0.39 is 0 Å². The molecule has 0 fully saturated rings. The molecule has 3 rings (SSSR count). The summed E-state index contributed by atoms with van der Waals surface area (Å²) in [4.78, 5) is 23.1. The average Bonchev–Trinajstić information content (AvgIpc) is 3.07. The van der Waals surface area contributed by atoms with Gasteiger partial charge in [-0.2, -0.15) is 0 Å². The van der Waals surface area contributed by atoms with Gasteiger partial charge in [0.25, 0.3) is 5.91 Å². The van der Waals surface area contributed by atoms with Gasteiger partial charge >= 0.3 is 0 Å². The van der Waals surface area contributed by atoms with Crippen molar-refractivity contribution in [3.63, 3.8) is 0 Å². The average molecular weight is 337 g/mol. The monoisotopic (exact) mass is 337 g/mol. The van der Waals surface area contributed by atoms with E-state index in [9.17, 15) is 9.59 Å². The first-order valence-corrected chi connectivity index (χ1v) is 8.73. The molecule has 1 aliphatic rings. The Morgan fingerprint density at radius 2 is 1.80 bits per heavy atom. The SMILES string of the molecule is CC(=O)CCc1ccc(OCC(=O)Nc2ccc3c(c2)CCC3)cc1. The molecule has 2 aromatic rings. The Kier molecular flexibility index (Phi) is 5.49. The first-order chi connectivity index (χ1) is 12.1. The molecule has 25 heavy (non-hydrogen) atoms. The first kappa shape index (κ1) is 17.2. The van der Waals surface area contributed by atoms with Gasteiger partial charge in [0.05, 0.1) is 0 Å². The third kappa shape index (κ3) is 4.92. The summed E-state index contributed by atoms with van der Waals surface area (Å²) >= 11 is 0. The third-order valence-electron chi connectivity index (χ3n) is 4.44. The van der Waals surface area contributed by atoms with Gasteiger partial charge in [-0.15, -0.1) is 0 Å². The number of benzene rings is 2. The van der Waals surface area contributed by atoms with Crippen LogP contribution in [0.3, 0.4) is 0 Å². The van der Waals surface area contributed by atoms with Crippen LogP contribution in [0.4, 0.5) is 5.69 Å². The fraction of sp³-hybridized carbons (Fsp3) is 0.333. The Hall–Kier alpha value is -2.62. The zero-order chi connectivity index (χ0) is 17.6. The van der Waals surface area contributed by atoms with Crippen molar-refractivity contribution < 1.29 is 14.3 Å². The minimum Gasteiger partial charge on any atom is -0.484 e. The van der Waals surface area contributed by atoms with Gasteiger partial charge in [-0.25, -0.2) is 0 Å². The van der Waals surface area contributed by atoms with Crippen molar-refractivity contribution in [2.45, 2.75) is 39.0 Å². The van der Waals surface area contributed by atoms with E-state index in [0.29, 0.717) is 12.2 Å². The van der Waals surface area contributed by atoms with Gasteiger partial charge in [0.15, 0.2) is 6.61 Å². The molecule has 0 radical (unpaired) electrons. The van der Waals surface area contributed by atoms with Crippen LogP contribution in [0, 0.1) is 0 Å². The summed E-state index contributed by atoms with van der Waals surface area (Å²) in [5.41, 5.74) is 4.64. The number of carbonyl (C=O) groups is 2. The highest BCUT2D eigenvalue weighted by molar-refractivity contribution is 5.92. The maximum Gasteiger partial charge on any atom is 0.262 e. The quantitative estimate of drug-likeness (QED) is 0.838. The first-order valence-electron chi connectivity index (χ1n) is 8.73. The molecule has 4 nitrogen and oxygen atoms in total. The number of hydrogen-bond acceptors (Lipinski definition) is 3. The predicted octanol–water partition coefficient (Wildman–Crippen LogP) is 3.71. The van der Waals surface area contributed by atoms with Gasteiger partial charge in [0, 0.05) is 12.1 Å². The molecule has 0 bridgehead atoms. The normalized spacial score (nSPS) is 12.5. The van der Waals surface area contributed by atoms with Crippen LogP contribution in [0.2, 0.25) is 0 Å². The van der Waals surface area contributed by atoms with Crippen molar-refractivity contribution in [3.05, 3.63) is 59.2 Å². The van der Waals surface area contributed by atoms with Crippen molar-refractivity contribution in [2.24, 2.45) is 0 Å². The minimum absolute atomic E-state index is 0.0239. The van der Waals surface area contributed by atoms with Gasteiger partial charge in [-0.05, 0) is 73.6 Å². The molecule has 0 spiro atoms. The maximum atomic E-state index is 12.1. The molecule has 0 heterocycles. The molecule has 2 aromatic carbocycles. The van der Waals surface area contributed by atoms with E-state index in [2.05, 4.69) is 17.4 Å². The van der Waals surface area contributed by atoms with Gasteiger partial charge < -0.3 is 14.8 Å². The predicted molar refractivity (Wildman–Crippen MR) is 98.0 cm³/mol. The molecule has 130 valence electrons. The van der Waals surface area contributed by atoms with Gasteiger partial charge in [0.1, 0.15) is 11.5 Å². The summed E-state index contributed by atoms with van der Waals surface area (Å²) in [5, 5.41) is 2.88. The summed E-state index contributed by atoms with van der Waals surface area (Å²) < 4.78 is 5.53. The summed E-state index contributed by atoms with van der Waals surface area (Å²) in [6.45, 7) is 1.57. The van der Waals surface area contributed by atoms with Crippen molar-refractivity contribution in [3.8, 4) is 5.75 Å². The molecule has 0 saturated heterocycles. The van der Waals surface area contributed by atoms with Crippen molar-refractivity contribution in [2.75, 3.05) is 11.9 Å². The Balaban J connectivity index is 1.48. The van der Waals surface area contributed by atoms with E-state index in [1.807, 2.05) is 30.3 Å². The van der Waals surface area contributed by atoms with Gasteiger partial charge in [-0.3, -0.25) is 4.79 Å². The molecule has 0 saturated carbocycles. The minimum atomic E-state index is -0.168. The lowest BCUT2D eigenvalue weighted by Gasteiger charge is -2.09. The van der Waals surface area contributed by atoms with E-state index in [-0.39, 0.29) is 18.3 Å². The molecule has 1 amide bonds. The van der Waals surface area contributed by atoms with Crippen LogP contribution >= 0.6 is 0 Å². The Bertz CT molecular complexity index is 765. The van der Waals surface area contributed by atoms with Crippen molar-refractivity contribution in [1.82, 2.24) is 0 Å². The highest BCUT2D eigenvalue weighted by Gasteiger charge is 2.12. The van der Waals surface area contributed by atoms with Gasteiger partial charge in [-0.1, -0.05) is 18.2 Å².